The van der Waals surface area contributed by atoms with Crippen molar-refractivity contribution in [1.29, 1.82) is 0 Å². The number of anilines is 1. The molecule has 0 bridgehead atoms. The van der Waals surface area contributed by atoms with Gasteiger partial charge < -0.3 is 4.74 Å². The molecule has 0 aliphatic heterocycles. The minimum absolute atomic E-state index is 0.779. The van der Waals surface area contributed by atoms with Crippen LogP contribution in [0.25, 0.3) is 11.3 Å². The van der Waals surface area contributed by atoms with Crippen molar-refractivity contribution >= 4 is 22.7 Å². The number of ether oxygens (including phenoxy) is 1. The van der Waals surface area contributed by atoms with Crippen molar-refractivity contribution < 1.29 is 4.74 Å². The third kappa shape index (κ3) is 9.79. The van der Waals surface area contributed by atoms with E-state index in [-0.39, 0.29) is 0 Å². The molecule has 3 aromatic rings. The fourth-order valence-electron chi connectivity index (χ4n) is 3.66. The zero-order valence-corrected chi connectivity index (χ0v) is 20.7. The predicted octanol–water partition coefficient (Wildman–Crippen LogP) is 8.56. The van der Waals surface area contributed by atoms with Gasteiger partial charge in [-0.15, -0.1) is 11.3 Å². The van der Waals surface area contributed by atoms with Crippen LogP contribution in [-0.2, 0) is 0 Å². The molecule has 0 radical (unpaired) electrons. The molecule has 0 aliphatic carbocycles. The molecule has 1 aromatic heterocycles. The molecule has 3 rings (SSSR count). The summed E-state index contributed by atoms with van der Waals surface area (Å²) in [5.41, 5.74) is 6.11. The second-order valence-electron chi connectivity index (χ2n) is 8.37. The lowest BCUT2D eigenvalue weighted by atomic mass is 10.1. The fourth-order valence-corrected chi connectivity index (χ4v) is 4.33. The van der Waals surface area contributed by atoms with Crippen LogP contribution in [-0.4, -0.2) is 17.8 Å². The van der Waals surface area contributed by atoms with E-state index in [1.165, 1.54) is 57.8 Å². The number of hydrogen-bond acceptors (Lipinski definition) is 5. The summed E-state index contributed by atoms with van der Waals surface area (Å²) in [4.78, 5) is 4.58. The molecular weight excluding hydrogens is 426 g/mol. The lowest BCUT2D eigenvalue weighted by Crippen LogP contribution is -1.97. The van der Waals surface area contributed by atoms with E-state index in [1.54, 1.807) is 17.6 Å². The minimum Gasteiger partial charge on any atom is -0.494 e. The van der Waals surface area contributed by atoms with Crippen LogP contribution in [0.1, 0.15) is 76.7 Å². The van der Waals surface area contributed by atoms with E-state index in [1.807, 2.05) is 47.8 Å². The Hall–Kier alpha value is -2.66. The van der Waals surface area contributed by atoms with Gasteiger partial charge in [-0.05, 0) is 36.2 Å². The normalized spacial score (nSPS) is 11.2. The van der Waals surface area contributed by atoms with Gasteiger partial charge in [-0.1, -0.05) is 95.0 Å². The van der Waals surface area contributed by atoms with Crippen LogP contribution in [0.4, 0.5) is 5.13 Å². The van der Waals surface area contributed by atoms with Gasteiger partial charge in [-0.2, -0.15) is 5.10 Å². The molecule has 0 aliphatic rings. The Kier molecular flexibility index (Phi) is 11.5. The first-order valence-electron chi connectivity index (χ1n) is 12.4. The number of benzene rings is 2. The average molecular weight is 464 g/mol. The summed E-state index contributed by atoms with van der Waals surface area (Å²) in [6.45, 7) is 3.06. The number of thiazole rings is 1. The lowest BCUT2D eigenvalue weighted by Gasteiger charge is -2.06. The summed E-state index contributed by atoms with van der Waals surface area (Å²) in [6.07, 6.45) is 15.2. The van der Waals surface area contributed by atoms with E-state index in [9.17, 15) is 0 Å². The van der Waals surface area contributed by atoms with Gasteiger partial charge in [-0.25, -0.2) is 4.98 Å². The SMILES string of the molecule is CCCCCCCCCCCCOc1ccc(C=NNc2nc(-c3ccccc3)cs2)cc1. The highest BCUT2D eigenvalue weighted by Crippen LogP contribution is 2.24. The van der Waals surface area contributed by atoms with Crippen LogP contribution in [0, 0.1) is 0 Å². The van der Waals surface area contributed by atoms with Crippen LogP contribution in [0.3, 0.4) is 0 Å². The Balaban J connectivity index is 1.27. The highest BCUT2D eigenvalue weighted by atomic mass is 32.1. The maximum absolute atomic E-state index is 5.88. The average Bonchev–Trinajstić information content (AvgIpc) is 3.33. The topological polar surface area (TPSA) is 46.5 Å². The Labute approximate surface area is 203 Å². The third-order valence-electron chi connectivity index (χ3n) is 5.59. The number of unbranched alkanes of at least 4 members (excludes halogenated alkanes) is 9. The summed E-state index contributed by atoms with van der Waals surface area (Å²) in [6, 6.07) is 18.2. The monoisotopic (exact) mass is 463 g/mol. The van der Waals surface area contributed by atoms with E-state index in [0.717, 1.165) is 40.7 Å². The van der Waals surface area contributed by atoms with Gasteiger partial charge >= 0.3 is 0 Å². The number of aromatic nitrogens is 1. The predicted molar refractivity (Wildman–Crippen MR) is 143 cm³/mol. The molecule has 0 spiro atoms. The van der Waals surface area contributed by atoms with Gasteiger partial charge in [0.2, 0.25) is 5.13 Å². The number of rotatable bonds is 16. The molecule has 0 atom stereocenters. The van der Waals surface area contributed by atoms with Crippen molar-refractivity contribution in [2.24, 2.45) is 5.10 Å². The molecule has 2 aromatic carbocycles. The van der Waals surface area contributed by atoms with Crippen LogP contribution in [0.15, 0.2) is 65.1 Å². The second kappa shape index (κ2) is 15.2. The van der Waals surface area contributed by atoms with E-state index in [0.29, 0.717) is 0 Å². The largest absolute Gasteiger partial charge is 0.494 e. The number of nitrogens with one attached hydrogen (secondary N) is 1. The maximum atomic E-state index is 5.88. The van der Waals surface area contributed by atoms with Crippen LogP contribution in [0.5, 0.6) is 5.75 Å². The Bertz CT molecular complexity index is 922. The first-order chi connectivity index (χ1) is 16.3. The van der Waals surface area contributed by atoms with E-state index >= 15 is 0 Å². The zero-order valence-electron chi connectivity index (χ0n) is 19.8. The maximum Gasteiger partial charge on any atom is 0.203 e. The molecule has 176 valence electrons. The standard InChI is InChI=1S/C28H37N3OS/c1-2-3-4-5-6-7-8-9-10-14-21-32-26-19-17-24(18-20-26)22-29-31-28-30-27(23-33-28)25-15-12-11-13-16-25/h11-13,15-20,22-23H,2-10,14,21H2,1H3,(H,30,31). The Morgan fingerprint density at radius 2 is 1.52 bits per heavy atom. The van der Waals surface area contributed by atoms with E-state index in [4.69, 9.17) is 4.74 Å². The quantitative estimate of drug-likeness (QED) is 0.131. The zero-order chi connectivity index (χ0) is 23.0. The first kappa shape index (κ1) is 25.0. The van der Waals surface area contributed by atoms with Gasteiger partial charge in [0.25, 0.3) is 0 Å². The summed E-state index contributed by atoms with van der Waals surface area (Å²) in [5.74, 6) is 0.920. The molecule has 0 amide bonds. The summed E-state index contributed by atoms with van der Waals surface area (Å²) >= 11 is 1.55. The number of nitrogens with zero attached hydrogens (tertiary/aromatic N) is 2. The highest BCUT2D eigenvalue weighted by molar-refractivity contribution is 7.14. The number of hydrazone groups is 1. The van der Waals surface area contributed by atoms with Crippen LogP contribution >= 0.6 is 11.3 Å². The summed E-state index contributed by atoms with van der Waals surface area (Å²) in [7, 11) is 0. The molecule has 4 nitrogen and oxygen atoms in total. The molecular formula is C28H37N3OS. The molecule has 1 heterocycles. The van der Waals surface area contributed by atoms with Crippen molar-refractivity contribution in [3.63, 3.8) is 0 Å². The van der Waals surface area contributed by atoms with Gasteiger partial charge in [0, 0.05) is 10.9 Å². The second-order valence-corrected chi connectivity index (χ2v) is 9.23. The van der Waals surface area contributed by atoms with Gasteiger partial charge in [0.05, 0.1) is 18.5 Å². The molecule has 0 saturated heterocycles. The molecule has 1 N–H and O–H groups in total. The van der Waals surface area contributed by atoms with Crippen molar-refractivity contribution in [3.8, 4) is 17.0 Å². The van der Waals surface area contributed by atoms with Crippen molar-refractivity contribution in [1.82, 2.24) is 4.98 Å². The van der Waals surface area contributed by atoms with Gasteiger partial charge in [0.1, 0.15) is 5.75 Å². The molecule has 33 heavy (non-hydrogen) atoms. The van der Waals surface area contributed by atoms with Gasteiger partial charge in [-0.3, -0.25) is 5.43 Å². The van der Waals surface area contributed by atoms with Crippen molar-refractivity contribution in [2.45, 2.75) is 71.1 Å². The summed E-state index contributed by atoms with van der Waals surface area (Å²) < 4.78 is 5.88. The Morgan fingerprint density at radius 1 is 0.848 bits per heavy atom. The molecule has 5 heteroatoms. The Morgan fingerprint density at radius 3 is 2.21 bits per heavy atom. The molecule has 0 saturated carbocycles. The number of hydrogen-bond donors (Lipinski definition) is 1. The highest BCUT2D eigenvalue weighted by Gasteiger charge is 2.03. The van der Waals surface area contributed by atoms with Crippen LogP contribution < -0.4 is 10.2 Å². The molecule has 0 fully saturated rings. The summed E-state index contributed by atoms with van der Waals surface area (Å²) in [5, 5.41) is 7.13. The minimum atomic E-state index is 0.779. The van der Waals surface area contributed by atoms with E-state index in [2.05, 4.69) is 34.6 Å². The van der Waals surface area contributed by atoms with Gasteiger partial charge in [0.15, 0.2) is 0 Å². The van der Waals surface area contributed by atoms with Crippen molar-refractivity contribution in [2.75, 3.05) is 12.0 Å². The first-order valence-corrected chi connectivity index (χ1v) is 13.3. The fraction of sp³-hybridized carbons (Fsp3) is 0.429. The van der Waals surface area contributed by atoms with E-state index < -0.39 is 0 Å². The van der Waals surface area contributed by atoms with Crippen molar-refractivity contribution in [3.05, 3.63) is 65.5 Å². The lowest BCUT2D eigenvalue weighted by molar-refractivity contribution is 0.304. The molecule has 0 unspecified atom stereocenters. The van der Waals surface area contributed by atoms with Crippen LogP contribution in [0.2, 0.25) is 0 Å². The third-order valence-corrected chi connectivity index (χ3v) is 6.34. The smallest absolute Gasteiger partial charge is 0.203 e.